The number of morpholine rings is 1. The third-order valence-corrected chi connectivity index (χ3v) is 4.67. The molecule has 1 N–H and O–H groups in total. The van der Waals surface area contributed by atoms with Gasteiger partial charge in [0.2, 0.25) is 5.91 Å². The second-order valence-electron chi connectivity index (χ2n) is 7.04. The molecule has 0 spiro atoms. The molecule has 130 valence electrons. The lowest BCUT2D eigenvalue weighted by Crippen LogP contribution is -2.55. The number of aromatic hydroxyl groups is 1. The van der Waals surface area contributed by atoms with Crippen LogP contribution in [0, 0.1) is 0 Å². The summed E-state index contributed by atoms with van der Waals surface area (Å²) in [5.74, 6) is -0.350. The lowest BCUT2D eigenvalue weighted by atomic mass is 10.1. The average Bonchev–Trinajstić information content (AvgIpc) is 3.02. The van der Waals surface area contributed by atoms with Crippen molar-refractivity contribution in [1.82, 2.24) is 9.80 Å². The maximum atomic E-state index is 12.9. The van der Waals surface area contributed by atoms with Gasteiger partial charge in [-0.2, -0.15) is 0 Å². The van der Waals surface area contributed by atoms with Gasteiger partial charge in [-0.05, 0) is 38.8 Å². The van der Waals surface area contributed by atoms with Crippen LogP contribution in [-0.4, -0.2) is 64.6 Å². The normalized spacial score (nSPS) is 23.3. The van der Waals surface area contributed by atoms with E-state index in [0.717, 1.165) is 6.42 Å². The molecule has 2 heterocycles. The number of rotatable bonds is 2. The maximum absolute atomic E-state index is 12.9. The van der Waals surface area contributed by atoms with Gasteiger partial charge in [0.15, 0.2) is 0 Å². The van der Waals surface area contributed by atoms with E-state index in [1.54, 1.807) is 28.0 Å². The van der Waals surface area contributed by atoms with Crippen LogP contribution in [0.5, 0.6) is 5.75 Å². The Hall–Kier alpha value is -2.08. The molecule has 1 atom stereocenters. The first-order valence-corrected chi connectivity index (χ1v) is 8.41. The number of hydrogen-bond acceptors (Lipinski definition) is 4. The highest BCUT2D eigenvalue weighted by Gasteiger charge is 2.40. The predicted molar refractivity (Wildman–Crippen MR) is 88.8 cm³/mol. The highest BCUT2D eigenvalue weighted by molar-refractivity contribution is 5.99. The van der Waals surface area contributed by atoms with Gasteiger partial charge >= 0.3 is 0 Å². The van der Waals surface area contributed by atoms with Crippen molar-refractivity contribution in [2.24, 2.45) is 0 Å². The number of carbonyl (C=O) groups excluding carboxylic acids is 2. The standard InChI is InChI=1S/C18H24N2O4/c1-18(2)12-19(10-11-24-18)17(23)14-7-5-9-20(14)16(22)13-6-3-4-8-15(13)21/h3-4,6,8,14,21H,5,7,9-12H2,1-2H3/t14-/m0/s1. The van der Waals surface area contributed by atoms with Gasteiger partial charge in [-0.1, -0.05) is 12.1 Å². The summed E-state index contributed by atoms with van der Waals surface area (Å²) < 4.78 is 5.66. The second-order valence-corrected chi connectivity index (χ2v) is 7.04. The number of benzene rings is 1. The zero-order chi connectivity index (χ0) is 17.3. The zero-order valence-corrected chi connectivity index (χ0v) is 14.2. The summed E-state index contributed by atoms with van der Waals surface area (Å²) in [5, 5.41) is 9.92. The first kappa shape index (κ1) is 16.8. The number of ether oxygens (including phenoxy) is 1. The number of carbonyl (C=O) groups is 2. The molecule has 24 heavy (non-hydrogen) atoms. The molecule has 6 nitrogen and oxygen atoms in total. The number of para-hydroxylation sites is 1. The second kappa shape index (κ2) is 6.43. The van der Waals surface area contributed by atoms with Crippen molar-refractivity contribution in [1.29, 1.82) is 0 Å². The van der Waals surface area contributed by atoms with Crippen LogP contribution < -0.4 is 0 Å². The lowest BCUT2D eigenvalue weighted by molar-refractivity contribution is -0.149. The summed E-state index contributed by atoms with van der Waals surface area (Å²) in [4.78, 5) is 29.1. The van der Waals surface area contributed by atoms with E-state index < -0.39 is 6.04 Å². The van der Waals surface area contributed by atoms with Crippen molar-refractivity contribution in [2.45, 2.75) is 38.3 Å². The van der Waals surface area contributed by atoms with Crippen LogP contribution in [0.2, 0.25) is 0 Å². The molecule has 0 unspecified atom stereocenters. The predicted octanol–water partition coefficient (Wildman–Crippen LogP) is 1.63. The van der Waals surface area contributed by atoms with Crippen LogP contribution in [0.4, 0.5) is 0 Å². The molecule has 1 aromatic rings. The van der Waals surface area contributed by atoms with Crippen molar-refractivity contribution in [2.75, 3.05) is 26.2 Å². The molecule has 3 rings (SSSR count). The highest BCUT2D eigenvalue weighted by atomic mass is 16.5. The van der Waals surface area contributed by atoms with E-state index in [1.165, 1.54) is 6.07 Å². The fourth-order valence-corrected chi connectivity index (χ4v) is 3.49. The Bertz CT molecular complexity index is 644. The number of amides is 2. The van der Waals surface area contributed by atoms with Crippen LogP contribution in [0.3, 0.4) is 0 Å². The molecule has 2 fully saturated rings. The van der Waals surface area contributed by atoms with Gasteiger partial charge in [0.25, 0.3) is 5.91 Å². The zero-order valence-electron chi connectivity index (χ0n) is 14.2. The highest BCUT2D eigenvalue weighted by Crippen LogP contribution is 2.27. The fourth-order valence-electron chi connectivity index (χ4n) is 3.49. The summed E-state index contributed by atoms with van der Waals surface area (Å²) in [7, 11) is 0. The molecule has 2 aliphatic heterocycles. The molecule has 0 radical (unpaired) electrons. The summed E-state index contributed by atoms with van der Waals surface area (Å²) in [6.45, 7) is 6.06. The molecule has 2 amide bonds. The van der Waals surface area contributed by atoms with Gasteiger partial charge in [-0.15, -0.1) is 0 Å². The lowest BCUT2D eigenvalue weighted by Gasteiger charge is -2.40. The van der Waals surface area contributed by atoms with Crippen molar-refractivity contribution in [3.63, 3.8) is 0 Å². The summed E-state index contributed by atoms with van der Waals surface area (Å²) in [5.41, 5.74) is -0.113. The molecular formula is C18H24N2O4. The van der Waals surface area contributed by atoms with Gasteiger partial charge in [-0.3, -0.25) is 9.59 Å². The molecule has 0 aliphatic carbocycles. The Morgan fingerprint density at radius 1 is 1.25 bits per heavy atom. The van der Waals surface area contributed by atoms with Crippen molar-refractivity contribution >= 4 is 11.8 Å². The van der Waals surface area contributed by atoms with Crippen LogP contribution >= 0.6 is 0 Å². The van der Waals surface area contributed by atoms with Gasteiger partial charge in [0.05, 0.1) is 17.8 Å². The SMILES string of the molecule is CC1(C)CN(C(=O)[C@@H]2CCCN2C(=O)c2ccccc2O)CCO1. The van der Waals surface area contributed by atoms with E-state index in [4.69, 9.17) is 4.74 Å². The molecule has 2 saturated heterocycles. The van der Waals surface area contributed by atoms with Gasteiger partial charge in [0.1, 0.15) is 11.8 Å². The topological polar surface area (TPSA) is 70.1 Å². The molecule has 2 aliphatic rings. The maximum Gasteiger partial charge on any atom is 0.258 e. The molecular weight excluding hydrogens is 308 g/mol. The Morgan fingerprint density at radius 2 is 2.00 bits per heavy atom. The molecule has 6 heteroatoms. The van der Waals surface area contributed by atoms with E-state index in [1.807, 2.05) is 13.8 Å². The van der Waals surface area contributed by atoms with Gasteiger partial charge < -0.3 is 19.6 Å². The number of phenolic OH excluding ortho intramolecular Hbond substituents is 1. The van der Waals surface area contributed by atoms with Gasteiger partial charge in [0, 0.05) is 19.6 Å². The summed E-state index contributed by atoms with van der Waals surface area (Å²) in [6, 6.07) is 6.02. The van der Waals surface area contributed by atoms with Crippen LogP contribution in [0.15, 0.2) is 24.3 Å². The van der Waals surface area contributed by atoms with Crippen molar-refractivity contribution < 1.29 is 19.4 Å². The minimum absolute atomic E-state index is 0.0207. The molecule has 1 aromatic carbocycles. The minimum Gasteiger partial charge on any atom is -0.507 e. The van der Waals surface area contributed by atoms with Crippen LogP contribution in [-0.2, 0) is 9.53 Å². The van der Waals surface area contributed by atoms with Crippen LogP contribution in [0.25, 0.3) is 0 Å². The fraction of sp³-hybridized carbons (Fsp3) is 0.556. The van der Waals surface area contributed by atoms with E-state index in [-0.39, 0.29) is 28.7 Å². The third kappa shape index (κ3) is 3.24. The first-order valence-electron chi connectivity index (χ1n) is 8.41. The Balaban J connectivity index is 1.77. The number of phenols is 1. The minimum atomic E-state index is -0.453. The first-order chi connectivity index (χ1) is 11.4. The largest absolute Gasteiger partial charge is 0.507 e. The van der Waals surface area contributed by atoms with E-state index in [0.29, 0.717) is 32.7 Å². The van der Waals surface area contributed by atoms with E-state index >= 15 is 0 Å². The molecule has 0 saturated carbocycles. The Morgan fingerprint density at radius 3 is 2.71 bits per heavy atom. The van der Waals surface area contributed by atoms with Crippen molar-refractivity contribution in [3.8, 4) is 5.75 Å². The quantitative estimate of drug-likeness (QED) is 0.894. The monoisotopic (exact) mass is 332 g/mol. The van der Waals surface area contributed by atoms with E-state index in [2.05, 4.69) is 0 Å². The Labute approximate surface area is 142 Å². The smallest absolute Gasteiger partial charge is 0.258 e. The average molecular weight is 332 g/mol. The summed E-state index contributed by atoms with van der Waals surface area (Å²) in [6.07, 6.45) is 1.46. The number of likely N-dealkylation sites (tertiary alicyclic amines) is 1. The number of nitrogens with zero attached hydrogens (tertiary/aromatic N) is 2. The van der Waals surface area contributed by atoms with Crippen LogP contribution in [0.1, 0.15) is 37.0 Å². The van der Waals surface area contributed by atoms with Crippen molar-refractivity contribution in [3.05, 3.63) is 29.8 Å². The number of hydrogen-bond donors (Lipinski definition) is 1. The molecule has 0 bridgehead atoms. The summed E-state index contributed by atoms with van der Waals surface area (Å²) >= 11 is 0. The van der Waals surface area contributed by atoms with Gasteiger partial charge in [-0.25, -0.2) is 0 Å². The molecule has 0 aromatic heterocycles. The third-order valence-electron chi connectivity index (χ3n) is 4.67. The Kier molecular flexibility index (Phi) is 4.49. The van der Waals surface area contributed by atoms with E-state index in [9.17, 15) is 14.7 Å².